The molecular formula is C23H31N3O3. The Kier molecular flexibility index (Phi) is 9.02. The zero-order valence-corrected chi connectivity index (χ0v) is 17.5. The number of nitrogens with one attached hydrogen (secondary N) is 2. The molecule has 0 bridgehead atoms. The molecule has 0 radical (unpaired) electrons. The number of unbranched alkanes of at least 4 members (excludes halogenated alkanes) is 1. The standard InChI is InChI=1S/C23H31N3O3/c1-4-7-15-29-21-10-8-9-20(16-21)24-17-22(27)25-19-13-11-18(12-14-19)23(28)26(5-2)6-3/h8-14,16,24H,4-7,15,17H2,1-3H3,(H,25,27). The van der Waals surface area contributed by atoms with Gasteiger partial charge in [0.15, 0.2) is 0 Å². The Morgan fingerprint density at radius 1 is 0.966 bits per heavy atom. The lowest BCUT2D eigenvalue weighted by Gasteiger charge is -2.18. The van der Waals surface area contributed by atoms with Gasteiger partial charge in [-0.1, -0.05) is 19.4 Å². The Labute approximate surface area is 173 Å². The smallest absolute Gasteiger partial charge is 0.253 e. The van der Waals surface area contributed by atoms with Crippen molar-refractivity contribution in [2.24, 2.45) is 0 Å². The molecular weight excluding hydrogens is 366 g/mol. The number of hydrogen-bond donors (Lipinski definition) is 2. The number of hydrogen-bond acceptors (Lipinski definition) is 4. The molecule has 29 heavy (non-hydrogen) atoms. The Balaban J connectivity index is 1.85. The maximum absolute atomic E-state index is 12.3. The van der Waals surface area contributed by atoms with Gasteiger partial charge >= 0.3 is 0 Å². The first kappa shape index (κ1) is 22.3. The van der Waals surface area contributed by atoms with Gasteiger partial charge in [0, 0.05) is 36.1 Å². The quantitative estimate of drug-likeness (QED) is 0.552. The summed E-state index contributed by atoms with van der Waals surface area (Å²) < 4.78 is 5.68. The van der Waals surface area contributed by atoms with Crippen molar-refractivity contribution in [3.63, 3.8) is 0 Å². The van der Waals surface area contributed by atoms with Crippen molar-refractivity contribution in [3.05, 3.63) is 54.1 Å². The zero-order valence-electron chi connectivity index (χ0n) is 17.5. The first-order chi connectivity index (χ1) is 14.1. The molecule has 2 amide bonds. The van der Waals surface area contributed by atoms with E-state index in [-0.39, 0.29) is 18.4 Å². The molecule has 0 unspecified atom stereocenters. The van der Waals surface area contributed by atoms with Gasteiger partial charge in [-0.3, -0.25) is 9.59 Å². The van der Waals surface area contributed by atoms with Crippen LogP contribution in [0, 0.1) is 0 Å². The van der Waals surface area contributed by atoms with Crippen LogP contribution in [-0.4, -0.2) is 43.0 Å². The molecule has 0 aliphatic rings. The maximum Gasteiger partial charge on any atom is 0.253 e. The average Bonchev–Trinajstić information content (AvgIpc) is 2.74. The highest BCUT2D eigenvalue weighted by Gasteiger charge is 2.12. The van der Waals surface area contributed by atoms with Crippen LogP contribution in [-0.2, 0) is 4.79 Å². The highest BCUT2D eigenvalue weighted by atomic mass is 16.5. The van der Waals surface area contributed by atoms with Crippen LogP contribution in [0.4, 0.5) is 11.4 Å². The van der Waals surface area contributed by atoms with E-state index in [1.807, 2.05) is 38.1 Å². The van der Waals surface area contributed by atoms with Gasteiger partial charge in [-0.15, -0.1) is 0 Å². The van der Waals surface area contributed by atoms with Gasteiger partial charge < -0.3 is 20.3 Å². The van der Waals surface area contributed by atoms with Crippen LogP contribution in [0.2, 0.25) is 0 Å². The van der Waals surface area contributed by atoms with Crippen LogP contribution in [0.25, 0.3) is 0 Å². The van der Waals surface area contributed by atoms with Gasteiger partial charge in [0.2, 0.25) is 5.91 Å². The molecule has 0 aliphatic carbocycles. The molecule has 6 nitrogen and oxygen atoms in total. The number of anilines is 2. The fourth-order valence-corrected chi connectivity index (χ4v) is 2.81. The van der Waals surface area contributed by atoms with Gasteiger partial charge in [-0.2, -0.15) is 0 Å². The number of amides is 2. The fourth-order valence-electron chi connectivity index (χ4n) is 2.81. The van der Waals surface area contributed by atoms with Crippen LogP contribution in [0.15, 0.2) is 48.5 Å². The Morgan fingerprint density at radius 3 is 2.34 bits per heavy atom. The minimum atomic E-state index is -0.162. The largest absolute Gasteiger partial charge is 0.494 e. The molecule has 0 saturated carbocycles. The molecule has 6 heteroatoms. The van der Waals surface area contributed by atoms with Crippen molar-refractivity contribution in [1.29, 1.82) is 0 Å². The molecule has 0 atom stereocenters. The van der Waals surface area contributed by atoms with Gasteiger partial charge in [-0.05, 0) is 56.7 Å². The van der Waals surface area contributed by atoms with Gasteiger partial charge in [0.25, 0.3) is 5.91 Å². The first-order valence-corrected chi connectivity index (χ1v) is 10.2. The second kappa shape index (κ2) is 11.7. The van der Waals surface area contributed by atoms with E-state index in [2.05, 4.69) is 17.6 Å². The Hall–Kier alpha value is -3.02. The van der Waals surface area contributed by atoms with Crippen LogP contribution >= 0.6 is 0 Å². The summed E-state index contributed by atoms with van der Waals surface area (Å²) >= 11 is 0. The average molecular weight is 398 g/mol. The molecule has 0 spiro atoms. The van der Waals surface area contributed by atoms with Crippen molar-refractivity contribution < 1.29 is 14.3 Å². The Morgan fingerprint density at radius 2 is 1.69 bits per heavy atom. The molecule has 2 aromatic rings. The lowest BCUT2D eigenvalue weighted by molar-refractivity contribution is -0.114. The molecule has 156 valence electrons. The second-order valence-corrected chi connectivity index (χ2v) is 6.69. The molecule has 0 saturated heterocycles. The predicted octanol–water partition coefficient (Wildman–Crippen LogP) is 4.40. The minimum Gasteiger partial charge on any atom is -0.494 e. The molecule has 0 heterocycles. The van der Waals surface area contributed by atoms with Crippen molar-refractivity contribution in [3.8, 4) is 5.75 Å². The highest BCUT2D eigenvalue weighted by Crippen LogP contribution is 2.18. The summed E-state index contributed by atoms with van der Waals surface area (Å²) in [5.74, 6) is 0.623. The minimum absolute atomic E-state index is 0.00409. The van der Waals surface area contributed by atoms with Crippen molar-refractivity contribution >= 4 is 23.2 Å². The topological polar surface area (TPSA) is 70.7 Å². The third kappa shape index (κ3) is 7.14. The van der Waals surface area contributed by atoms with Gasteiger partial charge in [0.1, 0.15) is 5.75 Å². The summed E-state index contributed by atoms with van der Waals surface area (Å²) in [5.41, 5.74) is 2.10. The van der Waals surface area contributed by atoms with Gasteiger partial charge in [-0.25, -0.2) is 0 Å². The van der Waals surface area contributed by atoms with Crippen molar-refractivity contribution in [2.45, 2.75) is 33.6 Å². The molecule has 0 aromatic heterocycles. The van der Waals surface area contributed by atoms with Crippen LogP contribution < -0.4 is 15.4 Å². The summed E-state index contributed by atoms with van der Waals surface area (Å²) in [5, 5.41) is 5.94. The predicted molar refractivity (Wildman–Crippen MR) is 118 cm³/mol. The van der Waals surface area contributed by atoms with E-state index < -0.39 is 0 Å². The SMILES string of the molecule is CCCCOc1cccc(NCC(=O)Nc2ccc(C(=O)N(CC)CC)cc2)c1. The second-order valence-electron chi connectivity index (χ2n) is 6.69. The molecule has 2 aromatic carbocycles. The summed E-state index contributed by atoms with van der Waals surface area (Å²) in [6, 6.07) is 14.6. The number of nitrogens with zero attached hydrogens (tertiary/aromatic N) is 1. The number of ether oxygens (including phenoxy) is 1. The van der Waals surface area contributed by atoms with Crippen molar-refractivity contribution in [1.82, 2.24) is 4.90 Å². The lowest BCUT2D eigenvalue weighted by atomic mass is 10.1. The maximum atomic E-state index is 12.3. The molecule has 2 rings (SSSR count). The summed E-state index contributed by atoms with van der Waals surface area (Å²) in [6.45, 7) is 8.20. The Bertz CT molecular complexity index is 786. The van der Waals surface area contributed by atoms with Crippen molar-refractivity contribution in [2.75, 3.05) is 36.9 Å². The van der Waals surface area contributed by atoms with E-state index in [1.54, 1.807) is 29.2 Å². The third-order valence-electron chi connectivity index (χ3n) is 4.52. The normalized spacial score (nSPS) is 10.3. The molecule has 0 fully saturated rings. The van der Waals surface area contributed by atoms with E-state index in [0.29, 0.717) is 30.9 Å². The zero-order chi connectivity index (χ0) is 21.1. The number of rotatable bonds is 11. The van der Waals surface area contributed by atoms with Crippen LogP contribution in [0.5, 0.6) is 5.75 Å². The lowest BCUT2D eigenvalue weighted by Crippen LogP contribution is -2.30. The highest BCUT2D eigenvalue weighted by molar-refractivity contribution is 5.96. The third-order valence-corrected chi connectivity index (χ3v) is 4.52. The number of benzene rings is 2. The fraction of sp³-hybridized carbons (Fsp3) is 0.391. The monoisotopic (exact) mass is 397 g/mol. The summed E-state index contributed by atoms with van der Waals surface area (Å²) in [6.07, 6.45) is 2.10. The van der Waals surface area contributed by atoms with E-state index in [1.165, 1.54) is 0 Å². The van der Waals surface area contributed by atoms with E-state index in [9.17, 15) is 9.59 Å². The summed E-state index contributed by atoms with van der Waals surface area (Å²) in [4.78, 5) is 26.3. The van der Waals surface area contributed by atoms with Crippen LogP contribution in [0.1, 0.15) is 44.0 Å². The summed E-state index contributed by atoms with van der Waals surface area (Å²) in [7, 11) is 0. The molecule has 2 N–H and O–H groups in total. The number of carbonyl (C=O) groups is 2. The molecule has 0 aliphatic heterocycles. The van der Waals surface area contributed by atoms with E-state index >= 15 is 0 Å². The van der Waals surface area contributed by atoms with Crippen LogP contribution in [0.3, 0.4) is 0 Å². The first-order valence-electron chi connectivity index (χ1n) is 10.2. The van der Waals surface area contributed by atoms with E-state index in [0.717, 1.165) is 24.3 Å². The van der Waals surface area contributed by atoms with E-state index in [4.69, 9.17) is 4.74 Å². The number of carbonyl (C=O) groups excluding carboxylic acids is 2. The van der Waals surface area contributed by atoms with Gasteiger partial charge in [0.05, 0.1) is 13.2 Å².